The zero-order chi connectivity index (χ0) is 25.3. The minimum atomic E-state index is -0.647. The van der Waals surface area contributed by atoms with Crippen molar-refractivity contribution in [2.45, 2.75) is 91.1 Å². The van der Waals surface area contributed by atoms with E-state index in [1.807, 2.05) is 13.0 Å². The number of hydrogen-bond donors (Lipinski definition) is 2. The molecule has 6 rings (SSSR count). The van der Waals surface area contributed by atoms with Crippen molar-refractivity contribution in [1.29, 1.82) is 0 Å². The number of nitrogens with one attached hydrogen (secondary N) is 1. The van der Waals surface area contributed by atoms with Gasteiger partial charge in [0.1, 0.15) is 12.4 Å². The van der Waals surface area contributed by atoms with E-state index >= 15 is 0 Å². The van der Waals surface area contributed by atoms with E-state index in [1.54, 1.807) is 6.08 Å². The molecule has 0 unspecified atom stereocenters. The fraction of sp³-hybridized carbons (Fsp3) is 0.700. The fourth-order valence-corrected chi connectivity index (χ4v) is 9.35. The Labute approximate surface area is 215 Å². The van der Waals surface area contributed by atoms with E-state index in [4.69, 9.17) is 9.84 Å². The number of hydrazone groups is 1. The van der Waals surface area contributed by atoms with Crippen molar-refractivity contribution in [3.8, 4) is 0 Å². The number of ether oxygens (including phenoxy) is 1. The number of rotatable bonds is 3. The maximum absolute atomic E-state index is 12.4. The van der Waals surface area contributed by atoms with Gasteiger partial charge in [0.15, 0.2) is 0 Å². The molecule has 1 aromatic heterocycles. The number of hydrogen-bond acceptors (Lipinski definition) is 6. The lowest BCUT2D eigenvalue weighted by atomic mass is 9.43. The third-order valence-corrected chi connectivity index (χ3v) is 11.2. The van der Waals surface area contributed by atoms with E-state index in [2.05, 4.69) is 37.2 Å². The number of carbonyl (C=O) groups is 1. The first-order valence-electron chi connectivity index (χ1n) is 14.0. The number of pyridine rings is 1. The molecule has 2 N–H and O–H groups in total. The Hall–Kier alpha value is -2.21. The fourth-order valence-electron chi connectivity index (χ4n) is 9.35. The number of nitrogens with zero attached hydrogens (tertiary/aromatic N) is 2. The van der Waals surface area contributed by atoms with Crippen LogP contribution < -0.4 is 5.43 Å². The summed E-state index contributed by atoms with van der Waals surface area (Å²) in [5.41, 5.74) is 7.24. The largest absolute Gasteiger partial charge is 0.458 e. The Morgan fingerprint density at radius 3 is 2.67 bits per heavy atom. The van der Waals surface area contributed by atoms with E-state index in [-0.39, 0.29) is 22.7 Å². The Bertz CT molecular complexity index is 1120. The number of esters is 1. The zero-order valence-electron chi connectivity index (χ0n) is 22.3. The van der Waals surface area contributed by atoms with Gasteiger partial charge in [-0.3, -0.25) is 5.43 Å². The highest BCUT2D eigenvalue weighted by molar-refractivity contribution is 5.86. The quantitative estimate of drug-likeness (QED) is 0.417. The van der Waals surface area contributed by atoms with Crippen LogP contribution in [0.15, 0.2) is 28.9 Å². The molecule has 6 nitrogen and oxygen atoms in total. The zero-order valence-corrected chi connectivity index (χ0v) is 22.3. The van der Waals surface area contributed by atoms with E-state index in [9.17, 15) is 9.90 Å². The number of aliphatic hydroxyl groups is 1. The Kier molecular flexibility index (Phi) is 5.64. The number of aromatic nitrogens is 1. The van der Waals surface area contributed by atoms with Crippen LogP contribution in [0.5, 0.6) is 0 Å². The number of cyclic esters (lactones) is 1. The van der Waals surface area contributed by atoms with Gasteiger partial charge >= 0.3 is 5.97 Å². The Balaban J connectivity index is 1.19. The summed E-state index contributed by atoms with van der Waals surface area (Å²) in [7, 11) is 0. The smallest absolute Gasteiger partial charge is 0.331 e. The number of anilines is 1. The third-order valence-electron chi connectivity index (χ3n) is 11.2. The minimum Gasteiger partial charge on any atom is -0.458 e. The first kappa shape index (κ1) is 24.1. The van der Waals surface area contributed by atoms with Gasteiger partial charge in [0.25, 0.3) is 0 Å². The van der Waals surface area contributed by atoms with Gasteiger partial charge in [-0.1, -0.05) is 13.8 Å². The summed E-state index contributed by atoms with van der Waals surface area (Å²) in [6, 6.07) is 4.13. The summed E-state index contributed by atoms with van der Waals surface area (Å²) in [5.74, 6) is 2.39. The van der Waals surface area contributed by atoms with Crippen molar-refractivity contribution in [1.82, 2.24) is 4.98 Å². The van der Waals surface area contributed by atoms with Gasteiger partial charge in [0.2, 0.25) is 0 Å². The second-order valence-electron chi connectivity index (χ2n) is 13.0. The lowest BCUT2D eigenvalue weighted by molar-refractivity contribution is -0.200. The molecule has 7 atom stereocenters. The van der Waals surface area contributed by atoms with E-state index in [0.29, 0.717) is 24.4 Å². The van der Waals surface area contributed by atoms with Crippen molar-refractivity contribution in [3.63, 3.8) is 0 Å². The lowest BCUT2D eigenvalue weighted by Crippen LogP contribution is -2.62. The molecule has 0 radical (unpaired) electrons. The summed E-state index contributed by atoms with van der Waals surface area (Å²) in [5, 5.41) is 17.2. The standard InChI is InChI=1S/C30H41N3O3/c1-18-13-19(2)31-26(14-18)33-32-22-7-10-28(3)21(16-22)5-6-25-24(28)8-11-29(4)23(9-12-30(25,29)35)20-15-27(34)36-17-20/h13-15,21,23-25,35H,5-12,16-17H2,1-4H3,(H,31,33)/b32-22-/t21-,23-,24+,25-,28+,29-,30+/m1/s1. The number of aryl methyl sites for hydroxylation is 2. The van der Waals surface area contributed by atoms with Crippen LogP contribution in [0.4, 0.5) is 5.82 Å². The Morgan fingerprint density at radius 1 is 1.08 bits per heavy atom. The van der Waals surface area contributed by atoms with Gasteiger partial charge in [-0.25, -0.2) is 9.78 Å². The first-order chi connectivity index (χ1) is 17.1. The molecular formula is C30H41N3O3. The molecule has 0 spiro atoms. The molecule has 2 heterocycles. The van der Waals surface area contributed by atoms with Crippen molar-refractivity contribution in [2.75, 3.05) is 12.0 Å². The second-order valence-corrected chi connectivity index (χ2v) is 13.0. The van der Waals surface area contributed by atoms with Crippen LogP contribution in [0, 0.1) is 48.3 Å². The summed E-state index contributed by atoms with van der Waals surface area (Å²) in [6.07, 6.45) is 11.2. The monoisotopic (exact) mass is 491 g/mol. The van der Waals surface area contributed by atoms with Crippen LogP contribution in [0.2, 0.25) is 0 Å². The summed E-state index contributed by atoms with van der Waals surface area (Å²) in [6.45, 7) is 9.33. The van der Waals surface area contributed by atoms with Crippen molar-refractivity contribution in [3.05, 3.63) is 35.0 Å². The molecule has 0 bridgehead atoms. The van der Waals surface area contributed by atoms with Gasteiger partial charge in [0.05, 0.1) is 5.60 Å². The molecule has 5 aliphatic rings. The van der Waals surface area contributed by atoms with Crippen molar-refractivity contribution >= 4 is 17.5 Å². The average molecular weight is 492 g/mol. The number of fused-ring (bicyclic) bond motifs is 5. The van der Waals surface area contributed by atoms with Crippen molar-refractivity contribution < 1.29 is 14.6 Å². The van der Waals surface area contributed by atoms with Gasteiger partial charge in [-0.15, -0.1) is 0 Å². The highest BCUT2D eigenvalue weighted by atomic mass is 16.5. The molecule has 4 aliphatic carbocycles. The predicted molar refractivity (Wildman–Crippen MR) is 140 cm³/mol. The second kappa shape index (κ2) is 8.41. The molecule has 194 valence electrons. The normalized spacial score (nSPS) is 42.9. The topological polar surface area (TPSA) is 83.8 Å². The van der Waals surface area contributed by atoms with Crippen LogP contribution in [-0.2, 0) is 9.53 Å². The molecule has 36 heavy (non-hydrogen) atoms. The molecule has 1 aliphatic heterocycles. The highest BCUT2D eigenvalue weighted by Gasteiger charge is 2.67. The molecular weight excluding hydrogens is 450 g/mol. The first-order valence-corrected chi connectivity index (χ1v) is 14.0. The van der Waals surface area contributed by atoms with E-state index in [0.717, 1.165) is 68.5 Å². The molecule has 6 heteroatoms. The lowest BCUT2D eigenvalue weighted by Gasteiger charge is -2.63. The van der Waals surface area contributed by atoms with Gasteiger partial charge in [0, 0.05) is 22.9 Å². The van der Waals surface area contributed by atoms with E-state index in [1.165, 1.54) is 17.7 Å². The highest BCUT2D eigenvalue weighted by Crippen LogP contribution is 2.69. The third kappa shape index (κ3) is 3.58. The van der Waals surface area contributed by atoms with Gasteiger partial charge in [-0.2, -0.15) is 5.10 Å². The van der Waals surface area contributed by atoms with Crippen LogP contribution in [0.1, 0.15) is 82.9 Å². The minimum absolute atomic E-state index is 0.165. The summed E-state index contributed by atoms with van der Waals surface area (Å²) in [4.78, 5) is 16.4. The van der Waals surface area contributed by atoms with Crippen LogP contribution in [0.3, 0.4) is 0 Å². The van der Waals surface area contributed by atoms with Crippen LogP contribution in [0.25, 0.3) is 0 Å². The molecule has 0 amide bonds. The summed E-state index contributed by atoms with van der Waals surface area (Å²) >= 11 is 0. The average Bonchev–Trinajstić information content (AvgIpc) is 3.37. The maximum atomic E-state index is 12.4. The van der Waals surface area contributed by atoms with Crippen LogP contribution >= 0.6 is 0 Å². The van der Waals surface area contributed by atoms with Gasteiger partial charge < -0.3 is 9.84 Å². The molecule has 4 saturated carbocycles. The Morgan fingerprint density at radius 2 is 1.92 bits per heavy atom. The predicted octanol–water partition coefficient (Wildman–Crippen LogP) is 5.72. The molecule has 4 fully saturated rings. The molecule has 1 aromatic rings. The molecule has 0 aromatic carbocycles. The number of carbonyl (C=O) groups excluding carboxylic acids is 1. The van der Waals surface area contributed by atoms with Crippen molar-refractivity contribution in [2.24, 2.45) is 39.6 Å². The van der Waals surface area contributed by atoms with Gasteiger partial charge in [-0.05, 0) is 124 Å². The van der Waals surface area contributed by atoms with Crippen LogP contribution in [-0.4, -0.2) is 34.0 Å². The SMILES string of the molecule is Cc1cc(C)nc(N/N=C2/CC[C@@]3(C)[C@H](CC[C@@H]4[C@@H]3CC[C@]3(C)[C@@H](C5=CC(=O)OC5)CC[C@]43O)C2)c1. The summed E-state index contributed by atoms with van der Waals surface area (Å²) < 4.78 is 5.27. The molecule has 0 saturated heterocycles. The van der Waals surface area contributed by atoms with E-state index < -0.39 is 5.60 Å². The maximum Gasteiger partial charge on any atom is 0.331 e.